The molecular weight excluding hydrogens is 478 g/mol. The van der Waals surface area contributed by atoms with Crippen molar-refractivity contribution in [3.05, 3.63) is 118 Å². The molecule has 0 unspecified atom stereocenters. The number of benzene rings is 3. The van der Waals surface area contributed by atoms with Crippen LogP contribution in [0, 0.1) is 0 Å². The summed E-state index contributed by atoms with van der Waals surface area (Å²) in [5.74, 6) is -4.24. The molecule has 8 heteroatoms. The molecule has 0 radical (unpaired) electrons. The number of nitrogens with zero attached hydrogens (tertiary/aromatic N) is 1. The molecule has 0 bridgehead atoms. The van der Waals surface area contributed by atoms with Crippen molar-refractivity contribution in [2.24, 2.45) is 0 Å². The molecule has 4 aromatic rings. The zero-order valence-electron chi connectivity index (χ0n) is 18.5. The average molecular weight is 496 g/mol. The van der Waals surface area contributed by atoms with E-state index in [4.69, 9.17) is 0 Å². The average Bonchev–Trinajstić information content (AvgIpc) is 3.43. The second-order valence-corrected chi connectivity index (χ2v) is 9.05. The van der Waals surface area contributed by atoms with E-state index >= 15 is 0 Å². The lowest BCUT2D eigenvalue weighted by Crippen LogP contribution is -2.10. The molecule has 0 saturated carbocycles. The number of hydrogen-bond acceptors (Lipinski definition) is 6. The summed E-state index contributed by atoms with van der Waals surface area (Å²) < 4.78 is 0. The maximum absolute atomic E-state index is 13.0. The number of para-hydroxylation sites is 2. The van der Waals surface area contributed by atoms with Crippen molar-refractivity contribution in [1.82, 2.24) is 0 Å². The molecule has 0 atom stereocenters. The Morgan fingerprint density at radius 1 is 0.694 bits per heavy atom. The predicted octanol–water partition coefficient (Wildman–Crippen LogP) is 6.08. The molecule has 7 nitrogen and oxygen atoms in total. The summed E-state index contributed by atoms with van der Waals surface area (Å²) in [6, 6.07) is 25.1. The molecule has 36 heavy (non-hydrogen) atoms. The first-order valence-corrected chi connectivity index (χ1v) is 11.6. The fourth-order valence-electron chi connectivity index (χ4n) is 4.09. The number of fused-ring (bicyclic) bond motifs is 1. The van der Waals surface area contributed by atoms with Crippen LogP contribution in [-0.2, 0) is 0 Å². The summed E-state index contributed by atoms with van der Waals surface area (Å²) in [6.07, 6.45) is 1.47. The summed E-state index contributed by atoms with van der Waals surface area (Å²) in [7, 11) is 0. The first kappa shape index (κ1) is 22.9. The van der Waals surface area contributed by atoms with Gasteiger partial charge in [0.1, 0.15) is 5.00 Å². The molecule has 176 valence electrons. The van der Waals surface area contributed by atoms with Gasteiger partial charge in [0.05, 0.1) is 16.7 Å². The first-order valence-electron chi connectivity index (χ1n) is 10.8. The van der Waals surface area contributed by atoms with E-state index in [1.165, 1.54) is 17.4 Å². The monoisotopic (exact) mass is 495 g/mol. The Kier molecular flexibility index (Phi) is 5.79. The van der Waals surface area contributed by atoms with Gasteiger partial charge >= 0.3 is 11.9 Å². The van der Waals surface area contributed by atoms with Gasteiger partial charge in [-0.1, -0.05) is 36.4 Å². The zero-order valence-corrected chi connectivity index (χ0v) is 19.4. The molecule has 1 aliphatic carbocycles. The van der Waals surface area contributed by atoms with E-state index < -0.39 is 34.6 Å². The van der Waals surface area contributed by atoms with Gasteiger partial charge in [-0.2, -0.15) is 0 Å². The molecule has 3 aromatic carbocycles. The highest BCUT2D eigenvalue weighted by molar-refractivity contribution is 7.17. The van der Waals surface area contributed by atoms with E-state index in [0.717, 1.165) is 28.5 Å². The second-order valence-electron chi connectivity index (χ2n) is 7.95. The zero-order chi connectivity index (χ0) is 25.4. The minimum atomic E-state index is -1.49. The van der Waals surface area contributed by atoms with Crippen molar-refractivity contribution in [1.29, 1.82) is 0 Å². The van der Waals surface area contributed by atoms with Crippen LogP contribution in [0.3, 0.4) is 0 Å². The fraction of sp³-hybridized carbons (Fsp3) is 0. The Hall–Kier alpha value is -4.82. The first-order chi connectivity index (χ1) is 17.3. The Morgan fingerprint density at radius 3 is 1.61 bits per heavy atom. The van der Waals surface area contributed by atoms with Crippen LogP contribution in [-0.4, -0.2) is 33.7 Å². The molecule has 0 aliphatic heterocycles. The van der Waals surface area contributed by atoms with Crippen LogP contribution >= 0.6 is 11.3 Å². The Morgan fingerprint density at radius 2 is 1.17 bits per heavy atom. The number of anilines is 3. The van der Waals surface area contributed by atoms with E-state index in [9.17, 15) is 29.4 Å². The van der Waals surface area contributed by atoms with Gasteiger partial charge in [0.25, 0.3) is 0 Å². The summed E-state index contributed by atoms with van der Waals surface area (Å²) in [6.45, 7) is 0. The molecular formula is C28H17NO6S. The van der Waals surface area contributed by atoms with Gasteiger partial charge in [0.2, 0.25) is 0 Å². The van der Waals surface area contributed by atoms with E-state index in [2.05, 4.69) is 4.90 Å². The number of thiophene rings is 1. The third kappa shape index (κ3) is 3.99. The highest BCUT2D eigenvalue weighted by Crippen LogP contribution is 2.40. The lowest BCUT2D eigenvalue weighted by Gasteiger charge is -2.23. The second kappa shape index (κ2) is 9.09. The smallest absolute Gasteiger partial charge is 0.336 e. The van der Waals surface area contributed by atoms with E-state index in [0.29, 0.717) is 4.88 Å². The molecule has 2 N–H and O–H groups in total. The minimum absolute atomic E-state index is 0.111. The summed E-state index contributed by atoms with van der Waals surface area (Å²) in [4.78, 5) is 51.7. The highest BCUT2D eigenvalue weighted by Gasteiger charge is 2.36. The standard InChI is InChI=1S/C28H17NO6S/c30-25-19-14-21(27(32)33)22(28(34)35)15-20(19)26(31)23(25)13-18-11-12-24(36-18)29(16-7-3-1-4-8-16)17-9-5-2-6-10-17/h1-15H,(H,32,33)(H,34,35). The van der Waals surface area contributed by atoms with Crippen molar-refractivity contribution < 1.29 is 29.4 Å². The van der Waals surface area contributed by atoms with Crippen molar-refractivity contribution in [3.8, 4) is 0 Å². The molecule has 1 heterocycles. The third-order valence-corrected chi connectivity index (χ3v) is 6.76. The van der Waals surface area contributed by atoms with Crippen molar-refractivity contribution in [3.63, 3.8) is 0 Å². The number of carboxylic acids is 2. The number of ketones is 2. The maximum atomic E-state index is 13.0. The van der Waals surface area contributed by atoms with Crippen LogP contribution < -0.4 is 4.90 Å². The van der Waals surface area contributed by atoms with Crippen LogP contribution in [0.5, 0.6) is 0 Å². The topological polar surface area (TPSA) is 112 Å². The van der Waals surface area contributed by atoms with Gasteiger partial charge in [0, 0.05) is 27.4 Å². The lowest BCUT2D eigenvalue weighted by atomic mass is 9.99. The molecule has 1 aromatic heterocycles. The summed E-state index contributed by atoms with van der Waals surface area (Å²) >= 11 is 1.37. The van der Waals surface area contributed by atoms with Crippen LogP contribution in [0.4, 0.5) is 16.4 Å². The number of allylic oxidation sites excluding steroid dienone is 1. The third-order valence-electron chi connectivity index (χ3n) is 5.75. The molecule has 0 amide bonds. The number of aromatic carboxylic acids is 2. The number of hydrogen-bond donors (Lipinski definition) is 2. The van der Waals surface area contributed by atoms with E-state index in [1.807, 2.05) is 66.7 Å². The molecule has 1 aliphatic rings. The van der Waals surface area contributed by atoms with Crippen LogP contribution in [0.1, 0.15) is 46.3 Å². The van der Waals surface area contributed by atoms with Gasteiger partial charge in [-0.3, -0.25) is 9.59 Å². The minimum Gasteiger partial charge on any atom is -0.478 e. The Bertz CT molecular complexity index is 1480. The van der Waals surface area contributed by atoms with E-state index in [-0.39, 0.29) is 16.7 Å². The normalized spacial score (nSPS) is 12.4. The molecule has 0 spiro atoms. The lowest BCUT2D eigenvalue weighted by molar-refractivity contribution is 0.0651. The quantitative estimate of drug-likeness (QED) is 0.246. The van der Waals surface area contributed by atoms with Crippen molar-refractivity contribution >= 4 is 57.3 Å². The number of rotatable bonds is 6. The Labute approximate surface area is 209 Å². The number of Topliss-reactive ketones (excluding diaryl/α,β-unsaturated/α-hetero) is 2. The number of carbonyl (C=O) groups is 4. The SMILES string of the molecule is O=C(O)c1cc2c(cc1C(=O)O)C(=O)C(=Cc1ccc(N(c3ccccc3)c3ccccc3)s1)C2=O. The largest absolute Gasteiger partial charge is 0.478 e. The maximum Gasteiger partial charge on any atom is 0.336 e. The van der Waals surface area contributed by atoms with Crippen molar-refractivity contribution in [2.45, 2.75) is 0 Å². The highest BCUT2D eigenvalue weighted by atomic mass is 32.1. The summed E-state index contributed by atoms with van der Waals surface area (Å²) in [5.41, 5.74) is 0.441. The predicted molar refractivity (Wildman–Crippen MR) is 136 cm³/mol. The van der Waals surface area contributed by atoms with Crippen LogP contribution in [0.15, 0.2) is 90.5 Å². The molecule has 0 fully saturated rings. The van der Waals surface area contributed by atoms with Gasteiger partial charge in [0.15, 0.2) is 11.6 Å². The van der Waals surface area contributed by atoms with Gasteiger partial charge in [-0.25, -0.2) is 9.59 Å². The summed E-state index contributed by atoms with van der Waals surface area (Å²) in [5, 5.41) is 19.6. The van der Waals surface area contributed by atoms with Crippen LogP contribution in [0.25, 0.3) is 6.08 Å². The van der Waals surface area contributed by atoms with Crippen LogP contribution in [0.2, 0.25) is 0 Å². The fourth-order valence-corrected chi connectivity index (χ4v) is 5.09. The number of carboxylic acid groups (broad SMARTS) is 2. The molecule has 5 rings (SSSR count). The number of carbonyl (C=O) groups excluding carboxylic acids is 2. The van der Waals surface area contributed by atoms with Crippen molar-refractivity contribution in [2.75, 3.05) is 4.90 Å². The van der Waals surface area contributed by atoms with E-state index in [1.54, 1.807) is 6.07 Å². The van der Waals surface area contributed by atoms with Gasteiger partial charge in [-0.05, 0) is 54.6 Å². The Balaban J connectivity index is 1.54. The van der Waals surface area contributed by atoms with Gasteiger partial charge in [-0.15, -0.1) is 11.3 Å². The molecule has 0 saturated heterocycles. The van der Waals surface area contributed by atoms with Gasteiger partial charge < -0.3 is 15.1 Å².